The van der Waals surface area contributed by atoms with Gasteiger partial charge in [-0.05, 0) is 88.1 Å². The molecule has 0 radical (unpaired) electrons. The van der Waals surface area contributed by atoms with E-state index in [1.54, 1.807) is 6.07 Å². The number of amides is 1. The Morgan fingerprint density at radius 3 is 2.81 bits per heavy atom. The van der Waals surface area contributed by atoms with Gasteiger partial charge in [0.25, 0.3) is 5.91 Å². The first-order chi connectivity index (χ1) is 15.2. The van der Waals surface area contributed by atoms with Crippen molar-refractivity contribution in [3.05, 3.63) is 39.7 Å². The van der Waals surface area contributed by atoms with Crippen molar-refractivity contribution in [2.45, 2.75) is 63.8 Å². The van der Waals surface area contributed by atoms with Gasteiger partial charge in [-0.25, -0.2) is 4.79 Å². The van der Waals surface area contributed by atoms with E-state index in [0.717, 1.165) is 48.7 Å². The Morgan fingerprint density at radius 1 is 1.06 bits per heavy atom. The third kappa shape index (κ3) is 4.36. The molecule has 6 nitrogen and oxygen atoms in total. The third-order valence-electron chi connectivity index (χ3n) is 7.36. The predicted molar refractivity (Wildman–Crippen MR) is 120 cm³/mol. The number of carbonyl (C=O) groups excluding carboxylic acids is 1. The molecule has 0 bridgehead atoms. The monoisotopic (exact) mass is 424 g/mol. The van der Waals surface area contributed by atoms with Crippen LogP contribution in [-0.2, 0) is 17.6 Å². The number of nitrogens with zero attached hydrogens (tertiary/aromatic N) is 1. The fourth-order valence-electron chi connectivity index (χ4n) is 5.78. The average molecular weight is 425 g/mol. The van der Waals surface area contributed by atoms with E-state index in [2.05, 4.69) is 10.2 Å². The molecule has 2 fully saturated rings. The van der Waals surface area contributed by atoms with Crippen molar-refractivity contribution in [2.75, 3.05) is 26.2 Å². The van der Waals surface area contributed by atoms with Gasteiger partial charge in [-0.15, -0.1) is 0 Å². The Kier molecular flexibility index (Phi) is 5.99. The number of piperidine rings is 2. The normalized spacial score (nSPS) is 23.7. The van der Waals surface area contributed by atoms with Gasteiger partial charge in [-0.2, -0.15) is 0 Å². The fraction of sp³-hybridized carbons (Fsp3) is 0.600. The number of carbonyl (C=O) groups is 1. The zero-order chi connectivity index (χ0) is 21.2. The standard InChI is InChI=1S/C25H32N2O4/c28-24(26-15-17-6-5-13-27-12-4-3-9-22(17)27)16-30-18-10-11-20-19-7-1-2-8-21(19)25(29)31-23(20)14-18/h10-11,14,17,22H,1-9,12-13,15-16H2,(H,26,28)/t17-,22-/m0/s1. The average Bonchev–Trinajstić information content (AvgIpc) is 2.81. The first kappa shape index (κ1) is 20.6. The number of hydrogen-bond acceptors (Lipinski definition) is 5. The predicted octanol–water partition coefficient (Wildman–Crippen LogP) is 3.43. The SMILES string of the molecule is O=C(COc1ccc2c3c(c(=O)oc2c1)CCCC3)NC[C@@H]1CCCN2CCCC[C@@H]12. The van der Waals surface area contributed by atoms with Crippen LogP contribution >= 0.6 is 0 Å². The van der Waals surface area contributed by atoms with Crippen molar-refractivity contribution in [3.8, 4) is 5.75 Å². The molecule has 0 saturated carbocycles. The van der Waals surface area contributed by atoms with Crippen LogP contribution in [0.5, 0.6) is 5.75 Å². The minimum atomic E-state index is -0.235. The first-order valence-electron chi connectivity index (χ1n) is 11.9. The second-order valence-corrected chi connectivity index (χ2v) is 9.31. The summed E-state index contributed by atoms with van der Waals surface area (Å²) in [5, 5.41) is 4.07. The number of hydrogen-bond donors (Lipinski definition) is 1. The summed E-state index contributed by atoms with van der Waals surface area (Å²) in [6.45, 7) is 3.11. The number of benzene rings is 1. The quantitative estimate of drug-likeness (QED) is 0.745. The number of nitrogens with one attached hydrogen (secondary N) is 1. The molecule has 1 amide bonds. The molecule has 2 aliphatic heterocycles. The highest BCUT2D eigenvalue weighted by atomic mass is 16.5. The van der Waals surface area contributed by atoms with Gasteiger partial charge < -0.3 is 19.4 Å². The minimum absolute atomic E-state index is 0.0260. The molecule has 6 heteroatoms. The van der Waals surface area contributed by atoms with E-state index in [-0.39, 0.29) is 18.1 Å². The third-order valence-corrected chi connectivity index (χ3v) is 7.36. The Labute approximate surface area is 182 Å². The Hall–Kier alpha value is -2.34. The number of rotatable bonds is 5. The van der Waals surface area contributed by atoms with Crippen molar-refractivity contribution < 1.29 is 13.9 Å². The molecule has 1 N–H and O–H groups in total. The maximum Gasteiger partial charge on any atom is 0.339 e. The lowest BCUT2D eigenvalue weighted by Gasteiger charge is -2.44. The maximum absolute atomic E-state index is 12.4. The van der Waals surface area contributed by atoms with Crippen LogP contribution in [0.15, 0.2) is 27.4 Å². The van der Waals surface area contributed by atoms with Gasteiger partial charge in [0.1, 0.15) is 11.3 Å². The summed E-state index contributed by atoms with van der Waals surface area (Å²) in [5.41, 5.74) is 2.25. The molecule has 3 heterocycles. The summed E-state index contributed by atoms with van der Waals surface area (Å²) in [5.74, 6) is 0.997. The van der Waals surface area contributed by atoms with E-state index in [1.165, 1.54) is 45.2 Å². The Bertz CT molecular complexity index is 1010. The van der Waals surface area contributed by atoms with Gasteiger partial charge in [0, 0.05) is 29.6 Å². The van der Waals surface area contributed by atoms with Crippen LogP contribution in [0.4, 0.5) is 0 Å². The van der Waals surface area contributed by atoms with E-state index >= 15 is 0 Å². The lowest BCUT2D eigenvalue weighted by molar-refractivity contribution is -0.123. The van der Waals surface area contributed by atoms with Gasteiger partial charge >= 0.3 is 5.63 Å². The van der Waals surface area contributed by atoms with Crippen molar-refractivity contribution in [3.63, 3.8) is 0 Å². The number of aryl methyl sites for hydroxylation is 1. The van der Waals surface area contributed by atoms with Gasteiger partial charge in [0.2, 0.25) is 0 Å². The summed E-state index contributed by atoms with van der Waals surface area (Å²) < 4.78 is 11.3. The summed E-state index contributed by atoms with van der Waals surface area (Å²) >= 11 is 0. The molecule has 1 aliphatic carbocycles. The minimum Gasteiger partial charge on any atom is -0.484 e. The van der Waals surface area contributed by atoms with Crippen molar-refractivity contribution >= 4 is 16.9 Å². The molecule has 5 rings (SSSR count). The molecule has 1 aromatic carbocycles. The van der Waals surface area contributed by atoms with Crippen LogP contribution in [0.1, 0.15) is 56.1 Å². The van der Waals surface area contributed by atoms with Crippen LogP contribution in [0.25, 0.3) is 11.0 Å². The lowest BCUT2D eigenvalue weighted by atomic mass is 9.83. The van der Waals surface area contributed by atoms with Crippen LogP contribution < -0.4 is 15.7 Å². The lowest BCUT2D eigenvalue weighted by Crippen LogP contribution is -2.51. The second-order valence-electron chi connectivity index (χ2n) is 9.31. The van der Waals surface area contributed by atoms with Gasteiger partial charge in [0.05, 0.1) is 0 Å². The summed E-state index contributed by atoms with van der Waals surface area (Å²) in [4.78, 5) is 27.3. The van der Waals surface area contributed by atoms with Crippen molar-refractivity contribution in [1.29, 1.82) is 0 Å². The Morgan fingerprint density at radius 2 is 1.90 bits per heavy atom. The first-order valence-corrected chi connectivity index (χ1v) is 11.9. The summed E-state index contributed by atoms with van der Waals surface area (Å²) in [6.07, 6.45) is 10.1. The highest BCUT2D eigenvalue weighted by Gasteiger charge is 2.32. The molecule has 1 aromatic heterocycles. The largest absolute Gasteiger partial charge is 0.484 e. The summed E-state index contributed by atoms with van der Waals surface area (Å²) in [7, 11) is 0. The second kappa shape index (κ2) is 9.03. The van der Waals surface area contributed by atoms with Crippen LogP contribution in [0.2, 0.25) is 0 Å². The van der Waals surface area contributed by atoms with Gasteiger partial charge in [-0.1, -0.05) is 6.42 Å². The molecular formula is C25H32N2O4. The molecular weight excluding hydrogens is 392 g/mol. The maximum atomic E-state index is 12.4. The molecule has 31 heavy (non-hydrogen) atoms. The van der Waals surface area contributed by atoms with Crippen LogP contribution in [-0.4, -0.2) is 43.1 Å². The van der Waals surface area contributed by atoms with Crippen LogP contribution in [0, 0.1) is 5.92 Å². The molecule has 166 valence electrons. The van der Waals surface area contributed by atoms with Crippen molar-refractivity contribution in [1.82, 2.24) is 10.2 Å². The zero-order valence-electron chi connectivity index (χ0n) is 18.2. The van der Waals surface area contributed by atoms with Crippen LogP contribution in [0.3, 0.4) is 0 Å². The highest BCUT2D eigenvalue weighted by Crippen LogP contribution is 2.31. The van der Waals surface area contributed by atoms with Crippen molar-refractivity contribution in [2.24, 2.45) is 5.92 Å². The highest BCUT2D eigenvalue weighted by molar-refractivity contribution is 5.83. The molecule has 0 unspecified atom stereocenters. The van der Waals surface area contributed by atoms with E-state index in [9.17, 15) is 9.59 Å². The van der Waals surface area contributed by atoms with E-state index in [4.69, 9.17) is 9.15 Å². The molecule has 0 spiro atoms. The van der Waals surface area contributed by atoms with Gasteiger partial charge in [0.15, 0.2) is 6.61 Å². The number of ether oxygens (including phenoxy) is 1. The molecule has 2 atom stereocenters. The molecule has 2 saturated heterocycles. The smallest absolute Gasteiger partial charge is 0.339 e. The Balaban J connectivity index is 1.19. The van der Waals surface area contributed by atoms with E-state index < -0.39 is 0 Å². The summed E-state index contributed by atoms with van der Waals surface area (Å²) in [6, 6.07) is 6.18. The van der Waals surface area contributed by atoms with Gasteiger partial charge in [-0.3, -0.25) is 4.79 Å². The van der Waals surface area contributed by atoms with E-state index in [1.807, 2.05) is 12.1 Å². The fourth-order valence-corrected chi connectivity index (χ4v) is 5.78. The number of fused-ring (bicyclic) bond motifs is 4. The molecule has 3 aliphatic rings. The topological polar surface area (TPSA) is 71.8 Å². The zero-order valence-corrected chi connectivity index (χ0v) is 18.2. The van der Waals surface area contributed by atoms with E-state index in [0.29, 0.717) is 23.3 Å². The molecule has 2 aromatic rings.